The molecule has 1 aromatic carbocycles. The smallest absolute Gasteiger partial charge is 0.315 e. The summed E-state index contributed by atoms with van der Waals surface area (Å²) < 4.78 is 6.01. The summed E-state index contributed by atoms with van der Waals surface area (Å²) in [6.45, 7) is 8.05. The highest BCUT2D eigenvalue weighted by Crippen LogP contribution is 2.37. The van der Waals surface area contributed by atoms with E-state index in [1.165, 1.54) is 0 Å². The van der Waals surface area contributed by atoms with E-state index in [4.69, 9.17) is 4.74 Å². The zero-order valence-corrected chi connectivity index (χ0v) is 14.2. The number of aliphatic hydroxyl groups is 1. The summed E-state index contributed by atoms with van der Waals surface area (Å²) in [4.78, 5) is 12.4. The van der Waals surface area contributed by atoms with Crippen LogP contribution in [0.25, 0.3) is 0 Å². The van der Waals surface area contributed by atoms with Crippen molar-refractivity contribution < 1.29 is 14.6 Å². The average molecular weight is 318 g/mol. The monoisotopic (exact) mass is 318 g/mol. The fourth-order valence-electron chi connectivity index (χ4n) is 3.88. The topological polar surface area (TPSA) is 70.6 Å². The molecule has 0 unspecified atom stereocenters. The quantitative estimate of drug-likeness (QED) is 0.783. The average Bonchev–Trinajstić information content (AvgIpc) is 2.83. The van der Waals surface area contributed by atoms with Crippen molar-refractivity contribution in [3.8, 4) is 0 Å². The van der Waals surface area contributed by atoms with Crippen LogP contribution in [0.1, 0.15) is 51.3 Å². The van der Waals surface area contributed by atoms with Gasteiger partial charge in [0.05, 0.1) is 29.4 Å². The Morgan fingerprint density at radius 3 is 2.57 bits per heavy atom. The fourth-order valence-corrected chi connectivity index (χ4v) is 3.88. The summed E-state index contributed by atoms with van der Waals surface area (Å²) in [5.74, 6) is 0. The van der Waals surface area contributed by atoms with Crippen LogP contribution in [0.5, 0.6) is 0 Å². The molecule has 3 atom stereocenters. The Balaban J connectivity index is 1.67. The predicted octanol–water partition coefficient (Wildman–Crippen LogP) is 2.29. The van der Waals surface area contributed by atoms with Crippen LogP contribution in [0.15, 0.2) is 24.3 Å². The molecule has 1 aromatic rings. The molecule has 1 fully saturated rings. The van der Waals surface area contributed by atoms with E-state index in [0.717, 1.165) is 17.5 Å². The van der Waals surface area contributed by atoms with Gasteiger partial charge in [-0.1, -0.05) is 24.3 Å². The van der Waals surface area contributed by atoms with Gasteiger partial charge < -0.3 is 20.5 Å². The third kappa shape index (κ3) is 3.21. The van der Waals surface area contributed by atoms with Crippen molar-refractivity contribution in [2.75, 3.05) is 0 Å². The lowest BCUT2D eigenvalue weighted by Gasteiger charge is -2.28. The fraction of sp³-hybridized carbons (Fsp3) is 0.611. The first-order chi connectivity index (χ1) is 10.7. The van der Waals surface area contributed by atoms with Crippen LogP contribution in [0.3, 0.4) is 0 Å². The van der Waals surface area contributed by atoms with Crippen LogP contribution in [-0.2, 0) is 11.2 Å². The number of hydrogen-bond acceptors (Lipinski definition) is 3. The molecule has 1 saturated heterocycles. The minimum Gasteiger partial charge on any atom is -0.390 e. The van der Waals surface area contributed by atoms with Gasteiger partial charge in [-0.3, -0.25) is 0 Å². The van der Waals surface area contributed by atoms with Crippen molar-refractivity contribution in [2.45, 2.75) is 69.9 Å². The Labute approximate surface area is 137 Å². The van der Waals surface area contributed by atoms with Gasteiger partial charge in [0, 0.05) is 6.42 Å². The molecule has 1 aliphatic heterocycles. The SMILES string of the molecule is CC1(C)C[C@H](NC(=O)N[C@@H]2c3ccccc3C[C@@H]2O)C(C)(C)O1. The highest BCUT2D eigenvalue weighted by Gasteiger charge is 2.46. The van der Waals surface area contributed by atoms with Crippen molar-refractivity contribution in [1.82, 2.24) is 10.6 Å². The molecule has 0 radical (unpaired) electrons. The number of urea groups is 1. The first-order valence-corrected chi connectivity index (χ1v) is 8.21. The molecule has 5 heteroatoms. The lowest BCUT2D eigenvalue weighted by molar-refractivity contribution is -0.0691. The lowest BCUT2D eigenvalue weighted by atomic mass is 9.94. The molecule has 126 valence electrons. The largest absolute Gasteiger partial charge is 0.390 e. The van der Waals surface area contributed by atoms with E-state index >= 15 is 0 Å². The number of rotatable bonds is 2. The van der Waals surface area contributed by atoms with Crippen molar-refractivity contribution in [2.24, 2.45) is 0 Å². The zero-order valence-electron chi connectivity index (χ0n) is 14.2. The second-order valence-electron chi connectivity index (χ2n) is 7.79. The number of amides is 2. The molecular weight excluding hydrogens is 292 g/mol. The number of fused-ring (bicyclic) bond motifs is 1. The maximum Gasteiger partial charge on any atom is 0.315 e. The molecule has 23 heavy (non-hydrogen) atoms. The summed E-state index contributed by atoms with van der Waals surface area (Å²) in [6.07, 6.45) is 0.756. The van der Waals surface area contributed by atoms with Gasteiger partial charge in [0.1, 0.15) is 0 Å². The standard InChI is InChI=1S/C18H26N2O3/c1-17(2)10-14(18(3,4)23-17)19-16(22)20-15-12-8-6-5-7-11(12)9-13(15)21/h5-8,13-15,21H,9-10H2,1-4H3,(H2,19,20,22)/t13-,14-,15+/m0/s1. The number of carbonyl (C=O) groups is 1. The van der Waals surface area contributed by atoms with Gasteiger partial charge in [-0.25, -0.2) is 4.79 Å². The van der Waals surface area contributed by atoms with Crippen LogP contribution in [-0.4, -0.2) is 34.5 Å². The third-order valence-corrected chi connectivity index (χ3v) is 4.87. The lowest BCUT2D eigenvalue weighted by Crippen LogP contribution is -2.51. The van der Waals surface area contributed by atoms with E-state index in [-0.39, 0.29) is 23.7 Å². The van der Waals surface area contributed by atoms with E-state index in [1.54, 1.807) is 0 Å². The van der Waals surface area contributed by atoms with Gasteiger partial charge in [-0.05, 0) is 45.2 Å². The van der Waals surface area contributed by atoms with Crippen molar-refractivity contribution in [3.63, 3.8) is 0 Å². The maximum absolute atomic E-state index is 12.4. The van der Waals surface area contributed by atoms with Gasteiger partial charge in [-0.15, -0.1) is 0 Å². The number of benzene rings is 1. The van der Waals surface area contributed by atoms with E-state index < -0.39 is 11.7 Å². The summed E-state index contributed by atoms with van der Waals surface area (Å²) in [5.41, 5.74) is 1.43. The third-order valence-electron chi connectivity index (χ3n) is 4.87. The Bertz CT molecular complexity index is 612. The van der Waals surface area contributed by atoms with Crippen LogP contribution in [0.4, 0.5) is 4.79 Å². The molecule has 0 spiro atoms. The molecule has 1 heterocycles. The minimum absolute atomic E-state index is 0.0636. The minimum atomic E-state index is -0.581. The highest BCUT2D eigenvalue weighted by molar-refractivity contribution is 5.75. The summed E-state index contributed by atoms with van der Waals surface area (Å²) in [6, 6.07) is 7.16. The summed E-state index contributed by atoms with van der Waals surface area (Å²) >= 11 is 0. The molecule has 5 nitrogen and oxygen atoms in total. The molecule has 2 amide bonds. The second kappa shape index (κ2) is 5.49. The van der Waals surface area contributed by atoms with Crippen LogP contribution >= 0.6 is 0 Å². The second-order valence-corrected chi connectivity index (χ2v) is 7.79. The molecule has 0 bridgehead atoms. The van der Waals surface area contributed by atoms with E-state index in [1.807, 2.05) is 52.0 Å². The maximum atomic E-state index is 12.4. The van der Waals surface area contributed by atoms with Gasteiger partial charge in [0.2, 0.25) is 0 Å². The molecule has 3 rings (SSSR count). The molecule has 2 aliphatic rings. The molecular formula is C18H26N2O3. The van der Waals surface area contributed by atoms with Crippen LogP contribution in [0, 0.1) is 0 Å². The summed E-state index contributed by atoms with van der Waals surface area (Å²) in [5, 5.41) is 16.2. The Hall–Kier alpha value is -1.59. The normalized spacial score (nSPS) is 30.7. The molecule has 1 aliphatic carbocycles. The van der Waals surface area contributed by atoms with E-state index in [0.29, 0.717) is 6.42 Å². The van der Waals surface area contributed by atoms with Crippen LogP contribution in [0.2, 0.25) is 0 Å². The van der Waals surface area contributed by atoms with Gasteiger partial charge in [0.25, 0.3) is 0 Å². The van der Waals surface area contributed by atoms with E-state index in [9.17, 15) is 9.90 Å². The number of carbonyl (C=O) groups excluding carboxylic acids is 1. The first-order valence-electron chi connectivity index (χ1n) is 8.21. The number of aliphatic hydroxyl groups excluding tert-OH is 1. The number of hydrogen-bond donors (Lipinski definition) is 3. The molecule has 0 saturated carbocycles. The number of nitrogens with one attached hydrogen (secondary N) is 2. The van der Waals surface area contributed by atoms with Crippen molar-refractivity contribution in [3.05, 3.63) is 35.4 Å². The first kappa shape index (κ1) is 16.3. The highest BCUT2D eigenvalue weighted by atomic mass is 16.5. The summed E-state index contributed by atoms with van der Waals surface area (Å²) in [7, 11) is 0. The van der Waals surface area contributed by atoms with E-state index in [2.05, 4.69) is 10.6 Å². The predicted molar refractivity (Wildman–Crippen MR) is 88.2 cm³/mol. The van der Waals surface area contributed by atoms with Gasteiger partial charge in [-0.2, -0.15) is 0 Å². The van der Waals surface area contributed by atoms with Crippen molar-refractivity contribution in [1.29, 1.82) is 0 Å². The Morgan fingerprint density at radius 1 is 1.22 bits per heavy atom. The molecule has 0 aromatic heterocycles. The number of ether oxygens (including phenoxy) is 1. The Morgan fingerprint density at radius 2 is 1.91 bits per heavy atom. The van der Waals surface area contributed by atoms with Crippen molar-refractivity contribution >= 4 is 6.03 Å². The van der Waals surface area contributed by atoms with Crippen LogP contribution < -0.4 is 10.6 Å². The zero-order chi connectivity index (χ0) is 16.8. The molecule has 3 N–H and O–H groups in total. The van der Waals surface area contributed by atoms with Gasteiger partial charge in [0.15, 0.2) is 0 Å². The van der Waals surface area contributed by atoms with Gasteiger partial charge >= 0.3 is 6.03 Å². The Kier molecular flexibility index (Phi) is 3.89.